The SMILES string of the molecule is FC(F)(F)Cc1[c]nnnc1. The molecule has 0 saturated carbocycles. The van der Waals surface area contributed by atoms with Crippen molar-refractivity contribution in [3.05, 3.63) is 18.0 Å². The number of aromatic nitrogens is 3. The standard InChI is InChI=1S/C5H3F3N3/c6-5(7,8)1-4-2-9-11-10-3-4/h2H,1H2. The normalized spacial score (nSPS) is 11.5. The monoisotopic (exact) mass is 162 g/mol. The van der Waals surface area contributed by atoms with Crippen molar-refractivity contribution in [2.24, 2.45) is 0 Å². The lowest BCUT2D eigenvalue weighted by Crippen LogP contribution is -2.12. The van der Waals surface area contributed by atoms with Crippen LogP contribution in [0.3, 0.4) is 0 Å². The minimum absolute atomic E-state index is 0.104. The van der Waals surface area contributed by atoms with Crippen LogP contribution in [0.1, 0.15) is 5.56 Å². The van der Waals surface area contributed by atoms with Gasteiger partial charge in [-0.1, -0.05) is 0 Å². The van der Waals surface area contributed by atoms with Crippen LogP contribution in [0, 0.1) is 6.20 Å². The molecule has 59 valence electrons. The zero-order valence-electron chi connectivity index (χ0n) is 5.26. The Morgan fingerprint density at radius 1 is 1.45 bits per heavy atom. The van der Waals surface area contributed by atoms with Gasteiger partial charge in [0.2, 0.25) is 0 Å². The number of nitrogens with zero attached hydrogens (tertiary/aromatic N) is 3. The Balaban J connectivity index is 2.66. The second-order valence-corrected chi connectivity index (χ2v) is 1.86. The Kier molecular flexibility index (Phi) is 2.02. The molecule has 6 heteroatoms. The fourth-order valence-electron chi connectivity index (χ4n) is 0.538. The van der Waals surface area contributed by atoms with Gasteiger partial charge in [0.15, 0.2) is 0 Å². The van der Waals surface area contributed by atoms with E-state index in [-0.39, 0.29) is 5.56 Å². The highest BCUT2D eigenvalue weighted by molar-refractivity contribution is 5.00. The molecule has 0 bridgehead atoms. The quantitative estimate of drug-likeness (QED) is 0.612. The predicted octanol–water partition coefficient (Wildman–Crippen LogP) is 0.777. The van der Waals surface area contributed by atoms with Gasteiger partial charge in [0.05, 0.1) is 12.6 Å². The van der Waals surface area contributed by atoms with Crippen LogP contribution in [0.5, 0.6) is 0 Å². The number of hydrogen-bond donors (Lipinski definition) is 0. The molecule has 1 rings (SSSR count). The summed E-state index contributed by atoms with van der Waals surface area (Å²) in [5.74, 6) is 0. The summed E-state index contributed by atoms with van der Waals surface area (Å²) in [5.41, 5.74) is -0.104. The number of hydrogen-bond acceptors (Lipinski definition) is 3. The van der Waals surface area contributed by atoms with E-state index in [2.05, 4.69) is 21.6 Å². The van der Waals surface area contributed by atoms with Crippen LogP contribution in [0.25, 0.3) is 0 Å². The molecule has 0 aliphatic rings. The van der Waals surface area contributed by atoms with Gasteiger partial charge in [0, 0.05) is 5.56 Å². The van der Waals surface area contributed by atoms with Crippen molar-refractivity contribution >= 4 is 0 Å². The fraction of sp³-hybridized carbons (Fsp3) is 0.400. The highest BCUT2D eigenvalue weighted by Gasteiger charge is 2.27. The number of halogens is 3. The minimum Gasteiger partial charge on any atom is -0.171 e. The fourth-order valence-corrected chi connectivity index (χ4v) is 0.538. The third-order valence-corrected chi connectivity index (χ3v) is 0.894. The first-order chi connectivity index (χ1) is 5.08. The lowest BCUT2D eigenvalue weighted by Gasteiger charge is -2.02. The van der Waals surface area contributed by atoms with Gasteiger partial charge in [-0.3, -0.25) is 0 Å². The smallest absolute Gasteiger partial charge is 0.171 e. The van der Waals surface area contributed by atoms with Gasteiger partial charge in [-0.25, -0.2) is 0 Å². The van der Waals surface area contributed by atoms with E-state index in [1.807, 2.05) is 0 Å². The minimum atomic E-state index is -4.23. The molecule has 0 aliphatic carbocycles. The third-order valence-electron chi connectivity index (χ3n) is 0.894. The van der Waals surface area contributed by atoms with E-state index in [9.17, 15) is 13.2 Å². The summed E-state index contributed by atoms with van der Waals surface area (Å²) in [6, 6.07) is 0. The highest BCUT2D eigenvalue weighted by atomic mass is 19.4. The van der Waals surface area contributed by atoms with Crippen LogP contribution in [0.4, 0.5) is 13.2 Å². The van der Waals surface area contributed by atoms with Gasteiger partial charge >= 0.3 is 6.18 Å². The molecule has 0 amide bonds. The average molecular weight is 162 g/mol. The van der Waals surface area contributed by atoms with Gasteiger partial charge in [-0.15, -0.1) is 10.2 Å². The van der Waals surface area contributed by atoms with Crippen LogP contribution in [-0.4, -0.2) is 21.6 Å². The molecule has 0 saturated heterocycles. The van der Waals surface area contributed by atoms with Crippen LogP contribution in [0.2, 0.25) is 0 Å². The summed E-state index contributed by atoms with van der Waals surface area (Å²) in [6.07, 6.45) is -2.23. The molecule has 1 aromatic rings. The average Bonchev–Trinajstić information content (AvgIpc) is 1.85. The van der Waals surface area contributed by atoms with E-state index >= 15 is 0 Å². The summed E-state index contributed by atoms with van der Waals surface area (Å²) in [7, 11) is 0. The Hall–Kier alpha value is -1.20. The Labute approximate surface area is 60.3 Å². The zero-order valence-corrected chi connectivity index (χ0v) is 5.26. The zero-order chi connectivity index (χ0) is 8.32. The first-order valence-electron chi connectivity index (χ1n) is 2.69. The molecule has 0 atom stereocenters. The highest BCUT2D eigenvalue weighted by Crippen LogP contribution is 2.19. The lowest BCUT2D eigenvalue weighted by molar-refractivity contribution is -0.127. The predicted molar refractivity (Wildman–Crippen MR) is 28.4 cm³/mol. The molecule has 1 heterocycles. The Bertz CT molecular complexity index is 220. The molecular formula is C5H3F3N3. The maximum atomic E-state index is 11.6. The lowest BCUT2D eigenvalue weighted by atomic mass is 10.2. The molecular weight excluding hydrogens is 159 g/mol. The van der Waals surface area contributed by atoms with Gasteiger partial charge < -0.3 is 0 Å². The molecule has 11 heavy (non-hydrogen) atoms. The van der Waals surface area contributed by atoms with Gasteiger partial charge in [0.25, 0.3) is 0 Å². The molecule has 0 aromatic carbocycles. The van der Waals surface area contributed by atoms with Crippen molar-refractivity contribution in [2.45, 2.75) is 12.6 Å². The molecule has 0 spiro atoms. The van der Waals surface area contributed by atoms with Crippen LogP contribution < -0.4 is 0 Å². The van der Waals surface area contributed by atoms with Crippen LogP contribution >= 0.6 is 0 Å². The van der Waals surface area contributed by atoms with Crippen LogP contribution in [0.15, 0.2) is 6.20 Å². The van der Waals surface area contributed by atoms with Crippen LogP contribution in [-0.2, 0) is 6.42 Å². The first-order valence-corrected chi connectivity index (χ1v) is 2.69. The summed E-state index contributed by atoms with van der Waals surface area (Å²) in [5, 5.41) is 9.31. The molecule has 0 N–H and O–H groups in total. The summed E-state index contributed by atoms with van der Waals surface area (Å²) in [6.45, 7) is 0. The van der Waals surface area contributed by atoms with E-state index in [1.54, 1.807) is 0 Å². The van der Waals surface area contributed by atoms with E-state index < -0.39 is 12.6 Å². The number of alkyl halides is 3. The molecule has 1 radical (unpaired) electrons. The topological polar surface area (TPSA) is 38.7 Å². The summed E-state index contributed by atoms with van der Waals surface area (Å²) >= 11 is 0. The maximum absolute atomic E-state index is 11.6. The van der Waals surface area contributed by atoms with Crippen molar-refractivity contribution in [3.8, 4) is 0 Å². The van der Waals surface area contributed by atoms with Gasteiger partial charge in [0.1, 0.15) is 6.20 Å². The summed E-state index contributed by atoms with van der Waals surface area (Å²) in [4.78, 5) is 0. The van der Waals surface area contributed by atoms with E-state index in [1.165, 1.54) is 0 Å². The van der Waals surface area contributed by atoms with Crippen molar-refractivity contribution in [2.75, 3.05) is 0 Å². The largest absolute Gasteiger partial charge is 0.393 e. The van der Waals surface area contributed by atoms with Gasteiger partial charge in [-0.05, 0) is 5.21 Å². The molecule has 3 nitrogen and oxygen atoms in total. The van der Waals surface area contributed by atoms with E-state index in [0.29, 0.717) is 0 Å². The van der Waals surface area contributed by atoms with Gasteiger partial charge in [-0.2, -0.15) is 13.2 Å². The number of rotatable bonds is 1. The Morgan fingerprint density at radius 3 is 2.64 bits per heavy atom. The second-order valence-electron chi connectivity index (χ2n) is 1.86. The first kappa shape index (κ1) is 7.90. The maximum Gasteiger partial charge on any atom is 0.393 e. The van der Waals surface area contributed by atoms with Crippen molar-refractivity contribution in [1.29, 1.82) is 0 Å². The molecule has 0 fully saturated rings. The molecule has 0 unspecified atom stereocenters. The third kappa shape index (κ3) is 2.92. The molecule has 0 aliphatic heterocycles. The van der Waals surface area contributed by atoms with E-state index in [4.69, 9.17) is 0 Å². The Morgan fingerprint density at radius 2 is 2.18 bits per heavy atom. The van der Waals surface area contributed by atoms with Crippen molar-refractivity contribution in [3.63, 3.8) is 0 Å². The second kappa shape index (κ2) is 2.81. The molecule has 1 aromatic heterocycles. The van der Waals surface area contributed by atoms with Crippen molar-refractivity contribution in [1.82, 2.24) is 15.4 Å². The summed E-state index contributed by atoms with van der Waals surface area (Å²) < 4.78 is 34.9. The van der Waals surface area contributed by atoms with E-state index in [0.717, 1.165) is 6.20 Å². The van der Waals surface area contributed by atoms with Crippen molar-refractivity contribution < 1.29 is 13.2 Å².